The van der Waals surface area contributed by atoms with E-state index < -0.39 is 30.0 Å². The quantitative estimate of drug-likeness (QED) is 0.244. The normalized spacial score (nSPS) is 27.4. The van der Waals surface area contributed by atoms with Gasteiger partial charge in [0.05, 0.1) is 0 Å². The lowest BCUT2D eigenvalue weighted by Gasteiger charge is -2.38. The van der Waals surface area contributed by atoms with Crippen molar-refractivity contribution in [3.05, 3.63) is 29.6 Å². The molecule has 1 atom stereocenters. The second-order valence-corrected chi connectivity index (χ2v) is 10.1. The Kier molecular flexibility index (Phi) is 9.18. The van der Waals surface area contributed by atoms with Crippen molar-refractivity contribution >= 4 is 0 Å². The van der Waals surface area contributed by atoms with Crippen molar-refractivity contribution in [1.29, 1.82) is 0 Å². The molecule has 8 heteroatoms. The van der Waals surface area contributed by atoms with Crippen LogP contribution in [0.4, 0.5) is 30.7 Å². The molecule has 0 amide bonds. The van der Waals surface area contributed by atoms with Crippen LogP contribution in [0.5, 0.6) is 5.75 Å². The molecule has 0 spiro atoms. The number of ether oxygens (including phenoxy) is 1. The van der Waals surface area contributed by atoms with Crippen LogP contribution in [-0.2, 0) is 0 Å². The van der Waals surface area contributed by atoms with Crippen molar-refractivity contribution in [3.63, 3.8) is 0 Å². The zero-order chi connectivity index (χ0) is 24.9. The van der Waals surface area contributed by atoms with Crippen LogP contribution < -0.4 is 4.74 Å². The van der Waals surface area contributed by atoms with Crippen molar-refractivity contribution in [2.45, 2.75) is 108 Å². The summed E-state index contributed by atoms with van der Waals surface area (Å²) in [5.74, 6) is 0.0113. The lowest BCUT2D eigenvalue weighted by atomic mass is 9.68. The van der Waals surface area contributed by atoms with E-state index in [1.807, 2.05) is 0 Å². The van der Waals surface area contributed by atoms with Gasteiger partial charge in [0.1, 0.15) is 0 Å². The van der Waals surface area contributed by atoms with Crippen molar-refractivity contribution < 1.29 is 35.5 Å². The van der Waals surface area contributed by atoms with Crippen LogP contribution in [0.3, 0.4) is 0 Å². The van der Waals surface area contributed by atoms with Crippen molar-refractivity contribution in [2.75, 3.05) is 0 Å². The summed E-state index contributed by atoms with van der Waals surface area (Å²) in [7, 11) is 0. The first-order chi connectivity index (χ1) is 16.0. The summed E-state index contributed by atoms with van der Waals surface area (Å²) < 4.78 is 94.9. The van der Waals surface area contributed by atoms with Crippen LogP contribution in [0.2, 0.25) is 0 Å². The second kappa shape index (κ2) is 11.5. The topological polar surface area (TPSA) is 9.23 Å². The molecule has 34 heavy (non-hydrogen) atoms. The van der Waals surface area contributed by atoms with Gasteiger partial charge < -0.3 is 4.74 Å². The molecule has 1 nitrogen and oxygen atoms in total. The number of alkyl halides is 6. The van der Waals surface area contributed by atoms with E-state index >= 15 is 0 Å². The molecule has 0 heterocycles. The monoisotopic (exact) mass is 496 g/mol. The van der Waals surface area contributed by atoms with Crippen LogP contribution in [0.15, 0.2) is 18.2 Å². The molecule has 1 aromatic rings. The molecule has 2 aliphatic rings. The predicted molar refractivity (Wildman–Crippen MR) is 117 cm³/mol. The number of benzene rings is 1. The van der Waals surface area contributed by atoms with E-state index in [0.29, 0.717) is 11.5 Å². The largest absolute Gasteiger partial charge is 0.439 e. The fourth-order valence-corrected chi connectivity index (χ4v) is 5.80. The highest BCUT2D eigenvalue weighted by molar-refractivity contribution is 5.32. The lowest BCUT2D eigenvalue weighted by molar-refractivity contribution is -0.305. The Hall–Kier alpha value is -1.47. The zero-order valence-electron chi connectivity index (χ0n) is 19.7. The highest BCUT2D eigenvalue weighted by Crippen LogP contribution is 2.45. The molecule has 0 aliphatic heterocycles. The first-order valence-corrected chi connectivity index (χ1v) is 12.6. The highest BCUT2D eigenvalue weighted by atomic mass is 19.4. The minimum atomic E-state index is -5.81. The average molecular weight is 497 g/mol. The number of unbranched alkanes of at least 4 members (excludes halogenated alkanes) is 2. The Labute approximate surface area is 197 Å². The molecular weight excluding hydrogens is 461 g/mol. The summed E-state index contributed by atoms with van der Waals surface area (Å²) in [6.45, 7) is 2.22. The Balaban J connectivity index is 1.50. The molecule has 0 aromatic heterocycles. The summed E-state index contributed by atoms with van der Waals surface area (Å²) >= 11 is 0. The third-order valence-electron chi connectivity index (χ3n) is 7.80. The molecule has 194 valence electrons. The SMILES string of the molecule is CCCCCC1CCC(C2CCC(c3ccc(OC(F)(F)C(F)C(F)(F)F)c(F)c3)CC2)CC1. The van der Waals surface area contributed by atoms with E-state index in [1.165, 1.54) is 57.4 Å². The van der Waals surface area contributed by atoms with Crippen molar-refractivity contribution in [1.82, 2.24) is 0 Å². The van der Waals surface area contributed by atoms with E-state index in [2.05, 4.69) is 11.7 Å². The van der Waals surface area contributed by atoms with Gasteiger partial charge in [-0.25, -0.2) is 8.78 Å². The van der Waals surface area contributed by atoms with Crippen LogP contribution >= 0.6 is 0 Å². The van der Waals surface area contributed by atoms with Gasteiger partial charge in [-0.3, -0.25) is 0 Å². The first kappa shape index (κ1) is 27.1. The Bertz CT molecular complexity index is 763. The van der Waals surface area contributed by atoms with Gasteiger partial charge in [-0.1, -0.05) is 51.5 Å². The third kappa shape index (κ3) is 7.03. The summed E-state index contributed by atoms with van der Waals surface area (Å²) in [5, 5.41) is 0. The molecule has 1 unspecified atom stereocenters. The van der Waals surface area contributed by atoms with Crippen LogP contribution in [0, 0.1) is 23.6 Å². The van der Waals surface area contributed by atoms with Crippen LogP contribution in [-0.4, -0.2) is 18.5 Å². The fourth-order valence-electron chi connectivity index (χ4n) is 5.80. The van der Waals surface area contributed by atoms with Crippen LogP contribution in [0.1, 0.15) is 95.5 Å². The number of halogens is 7. The van der Waals surface area contributed by atoms with Crippen LogP contribution in [0.25, 0.3) is 0 Å². The Morgan fingerprint density at radius 2 is 1.47 bits per heavy atom. The third-order valence-corrected chi connectivity index (χ3v) is 7.80. The van der Waals surface area contributed by atoms with E-state index in [4.69, 9.17) is 0 Å². The van der Waals surface area contributed by atoms with E-state index in [1.54, 1.807) is 0 Å². The fraction of sp³-hybridized carbons (Fsp3) is 0.769. The first-order valence-electron chi connectivity index (χ1n) is 12.6. The minimum absolute atomic E-state index is 0.0646. The van der Waals surface area contributed by atoms with Gasteiger partial charge in [0.2, 0.25) is 0 Å². The van der Waals surface area contributed by atoms with Gasteiger partial charge in [-0.05, 0) is 79.9 Å². The van der Waals surface area contributed by atoms with E-state index in [0.717, 1.165) is 49.7 Å². The molecule has 3 rings (SSSR count). The van der Waals surface area contributed by atoms with Gasteiger partial charge in [0.25, 0.3) is 6.17 Å². The molecule has 2 aliphatic carbocycles. The summed E-state index contributed by atoms with van der Waals surface area (Å²) in [4.78, 5) is 0. The van der Waals surface area contributed by atoms with Gasteiger partial charge in [-0.15, -0.1) is 0 Å². The maximum atomic E-state index is 14.3. The molecule has 0 N–H and O–H groups in total. The molecule has 0 saturated heterocycles. The molecule has 0 radical (unpaired) electrons. The van der Waals surface area contributed by atoms with E-state index in [-0.39, 0.29) is 5.92 Å². The molecule has 2 saturated carbocycles. The number of hydrogen-bond acceptors (Lipinski definition) is 1. The average Bonchev–Trinajstić information content (AvgIpc) is 2.80. The maximum Gasteiger partial charge on any atom is 0.439 e. The Morgan fingerprint density at radius 3 is 2.00 bits per heavy atom. The van der Waals surface area contributed by atoms with Gasteiger partial charge in [0, 0.05) is 0 Å². The minimum Gasteiger partial charge on any atom is -0.427 e. The predicted octanol–water partition coefficient (Wildman–Crippen LogP) is 9.36. The summed E-state index contributed by atoms with van der Waals surface area (Å²) in [5.41, 5.74) is 0.610. The lowest BCUT2D eigenvalue weighted by Crippen LogP contribution is -2.45. The van der Waals surface area contributed by atoms with Crippen molar-refractivity contribution in [3.8, 4) is 5.75 Å². The van der Waals surface area contributed by atoms with Gasteiger partial charge >= 0.3 is 12.3 Å². The second-order valence-electron chi connectivity index (χ2n) is 10.1. The zero-order valence-corrected chi connectivity index (χ0v) is 19.7. The summed E-state index contributed by atoms with van der Waals surface area (Å²) in [6.07, 6.45) is -1.41. The standard InChI is InChI=1S/C26H35F7O/c1-2-3-4-5-17-6-8-18(9-7-17)19-10-12-20(13-11-19)21-14-15-23(22(27)16-21)34-26(32,33)24(28)25(29,30)31/h14-20,24H,2-13H2,1H3. The molecular formula is C26H35F7O. The summed E-state index contributed by atoms with van der Waals surface area (Å²) in [6, 6.07) is 3.29. The van der Waals surface area contributed by atoms with E-state index in [9.17, 15) is 30.7 Å². The Morgan fingerprint density at radius 1 is 0.882 bits per heavy atom. The molecule has 2 fully saturated rings. The van der Waals surface area contributed by atoms with Gasteiger partial charge in [0.15, 0.2) is 11.6 Å². The van der Waals surface area contributed by atoms with Gasteiger partial charge in [-0.2, -0.15) is 22.0 Å². The molecule has 0 bridgehead atoms. The smallest absolute Gasteiger partial charge is 0.427 e. The number of rotatable bonds is 9. The number of hydrogen-bond donors (Lipinski definition) is 0. The molecule has 1 aromatic carbocycles. The highest BCUT2D eigenvalue weighted by Gasteiger charge is 2.59. The maximum absolute atomic E-state index is 14.3. The van der Waals surface area contributed by atoms with Crippen molar-refractivity contribution in [2.24, 2.45) is 17.8 Å².